The number of hydrogen-bond donors (Lipinski definition) is 3. The highest BCUT2D eigenvalue weighted by Crippen LogP contribution is 2.32. The molecule has 0 fully saturated rings. The lowest BCUT2D eigenvalue weighted by Crippen LogP contribution is -2.49. The van der Waals surface area contributed by atoms with Gasteiger partial charge in [-0.05, 0) is 73.1 Å². The number of hydrogen-bond acceptors (Lipinski definition) is 5. The monoisotopic (exact) mass is 660 g/mol. The van der Waals surface area contributed by atoms with E-state index in [9.17, 15) is 27.9 Å². The predicted octanol–water partition coefficient (Wildman–Crippen LogP) is 7.37. The van der Waals surface area contributed by atoms with E-state index >= 15 is 0 Å². The van der Waals surface area contributed by atoms with Crippen molar-refractivity contribution in [3.05, 3.63) is 114 Å². The number of nitrogens with zero attached hydrogens (tertiary/aromatic N) is 2. The van der Waals surface area contributed by atoms with Gasteiger partial charge in [-0.2, -0.15) is 13.2 Å². The summed E-state index contributed by atoms with van der Waals surface area (Å²) in [5.74, 6) is -0.0807. The molecule has 0 aliphatic carbocycles. The second-order valence-electron chi connectivity index (χ2n) is 12.2. The highest BCUT2D eigenvalue weighted by Gasteiger charge is 2.34. The fourth-order valence-electron chi connectivity index (χ4n) is 5.67. The van der Waals surface area contributed by atoms with Gasteiger partial charge < -0.3 is 25.4 Å². The first kappa shape index (κ1) is 34.5. The number of rotatable bonds is 9. The first-order valence-corrected chi connectivity index (χ1v) is 15.7. The molecule has 4 aromatic rings. The number of benzene rings is 4. The highest BCUT2D eigenvalue weighted by atomic mass is 19.4. The summed E-state index contributed by atoms with van der Waals surface area (Å²) in [5, 5.41) is 15.1. The Morgan fingerprint density at radius 2 is 1.58 bits per heavy atom. The summed E-state index contributed by atoms with van der Waals surface area (Å²) < 4.78 is 45.2. The van der Waals surface area contributed by atoms with Crippen LogP contribution in [0.5, 0.6) is 5.75 Å². The zero-order valence-corrected chi connectivity index (χ0v) is 27.0. The van der Waals surface area contributed by atoms with Crippen LogP contribution in [-0.2, 0) is 12.7 Å². The van der Waals surface area contributed by atoms with Gasteiger partial charge in [-0.25, -0.2) is 4.79 Å². The van der Waals surface area contributed by atoms with Crippen molar-refractivity contribution in [1.29, 1.82) is 0 Å². The molecule has 5 rings (SSSR count). The Morgan fingerprint density at radius 3 is 2.23 bits per heavy atom. The van der Waals surface area contributed by atoms with Crippen molar-refractivity contribution in [3.8, 4) is 16.9 Å². The predicted molar refractivity (Wildman–Crippen MR) is 180 cm³/mol. The minimum atomic E-state index is -4.49. The third kappa shape index (κ3) is 8.53. The second kappa shape index (κ2) is 14.9. The van der Waals surface area contributed by atoms with Crippen molar-refractivity contribution in [2.45, 2.75) is 38.7 Å². The number of halogens is 3. The van der Waals surface area contributed by atoms with Crippen LogP contribution in [-0.4, -0.2) is 65.7 Å². The van der Waals surface area contributed by atoms with Crippen molar-refractivity contribution >= 4 is 23.3 Å². The maximum Gasteiger partial charge on any atom is 0.416 e. The molecule has 4 aromatic carbocycles. The lowest BCUT2D eigenvalue weighted by molar-refractivity contribution is -0.137. The summed E-state index contributed by atoms with van der Waals surface area (Å²) >= 11 is 0. The Labute approximate surface area is 278 Å². The summed E-state index contributed by atoms with van der Waals surface area (Å²) in [4.78, 5) is 30.3. The third-order valence-corrected chi connectivity index (χ3v) is 8.40. The molecule has 0 radical (unpaired) electrons. The molecule has 0 bridgehead atoms. The van der Waals surface area contributed by atoms with E-state index in [4.69, 9.17) is 4.74 Å². The Bertz CT molecular complexity index is 1700. The molecule has 1 heterocycles. The molecule has 0 aromatic heterocycles. The Kier molecular flexibility index (Phi) is 10.7. The van der Waals surface area contributed by atoms with Gasteiger partial charge in [0.1, 0.15) is 11.9 Å². The number of ether oxygens (including phenoxy) is 1. The summed E-state index contributed by atoms with van der Waals surface area (Å²) in [6, 6.07) is 26.3. The standard InChI is InChI=1S/C37H39F3N4O4/c1-24-20-44(25(2)23-45)35(46)32-19-31(42-36(47)41-30-15-13-29(14-16-30)37(38,39)40)17-18-33(32)48-34(24)22-43(3)21-26-9-11-28(12-10-26)27-7-5-4-6-8-27/h4-19,24-25,34,45H,20-23H2,1-3H3,(H2,41,42,47)/t24-,25+,34+/m0/s1. The molecule has 0 saturated heterocycles. The van der Waals surface area contributed by atoms with Gasteiger partial charge in [-0.1, -0.05) is 61.5 Å². The molecule has 11 heteroatoms. The van der Waals surface area contributed by atoms with E-state index in [1.807, 2.05) is 32.2 Å². The van der Waals surface area contributed by atoms with Crippen molar-refractivity contribution in [3.63, 3.8) is 0 Å². The molecule has 8 nitrogen and oxygen atoms in total. The number of amides is 3. The lowest BCUT2D eigenvalue weighted by atomic mass is 9.99. The van der Waals surface area contributed by atoms with E-state index in [0.717, 1.165) is 41.0 Å². The summed E-state index contributed by atoms with van der Waals surface area (Å²) in [6.07, 6.45) is -4.79. The van der Waals surface area contributed by atoms with Crippen molar-refractivity contribution in [1.82, 2.24) is 9.80 Å². The van der Waals surface area contributed by atoms with E-state index < -0.39 is 23.8 Å². The average Bonchev–Trinajstić information content (AvgIpc) is 3.06. The first-order chi connectivity index (χ1) is 22.9. The number of carbonyl (C=O) groups excluding carboxylic acids is 2. The van der Waals surface area contributed by atoms with Crippen LogP contribution in [0, 0.1) is 5.92 Å². The SMILES string of the molecule is C[C@H](CO)N1C[C@H](C)[C@@H](CN(C)Cc2ccc(-c3ccccc3)cc2)Oc2ccc(NC(=O)Nc3ccc(C(F)(F)F)cc3)cc2C1=O. The van der Waals surface area contributed by atoms with Crippen molar-refractivity contribution < 1.29 is 32.6 Å². The average molecular weight is 661 g/mol. The smallest absolute Gasteiger partial charge is 0.416 e. The quantitative estimate of drug-likeness (QED) is 0.174. The number of likely N-dealkylation sites (N-methyl/N-ethyl adjacent to an activating group) is 1. The maximum absolute atomic E-state index is 13.8. The van der Waals surface area contributed by atoms with Crippen LogP contribution in [0.25, 0.3) is 11.1 Å². The zero-order chi connectivity index (χ0) is 34.4. The van der Waals surface area contributed by atoms with Crippen LogP contribution in [0.15, 0.2) is 97.1 Å². The number of carbonyl (C=O) groups is 2. The highest BCUT2D eigenvalue weighted by molar-refractivity contribution is 6.02. The minimum absolute atomic E-state index is 0.0775. The number of aliphatic hydroxyl groups is 1. The Hall–Kier alpha value is -4.87. The topological polar surface area (TPSA) is 94.1 Å². The second-order valence-corrected chi connectivity index (χ2v) is 12.2. The molecule has 0 unspecified atom stereocenters. The molecule has 1 aliphatic rings. The largest absolute Gasteiger partial charge is 0.488 e. The molecule has 1 aliphatic heterocycles. The van der Waals surface area contributed by atoms with Gasteiger partial charge in [0, 0.05) is 36.9 Å². The fourth-order valence-corrected chi connectivity index (χ4v) is 5.67. The molecule has 252 valence electrons. The number of fused-ring (bicyclic) bond motifs is 1. The normalized spacial score (nSPS) is 17.2. The van der Waals surface area contributed by atoms with E-state index in [0.29, 0.717) is 25.4 Å². The first-order valence-electron chi connectivity index (χ1n) is 15.7. The van der Waals surface area contributed by atoms with Gasteiger partial charge in [0.05, 0.1) is 23.8 Å². The number of alkyl halides is 3. The van der Waals surface area contributed by atoms with Gasteiger partial charge in [-0.15, -0.1) is 0 Å². The minimum Gasteiger partial charge on any atom is -0.488 e. The number of anilines is 2. The molecule has 3 N–H and O–H groups in total. The molecule has 3 atom stereocenters. The van der Waals surface area contributed by atoms with Gasteiger partial charge in [0.2, 0.25) is 0 Å². The van der Waals surface area contributed by atoms with E-state index in [1.54, 1.807) is 24.0 Å². The van der Waals surface area contributed by atoms with Crippen molar-refractivity contribution in [2.75, 3.05) is 37.4 Å². The maximum atomic E-state index is 13.8. The molecule has 0 spiro atoms. The lowest BCUT2D eigenvalue weighted by Gasteiger charge is -2.38. The van der Waals surface area contributed by atoms with Crippen LogP contribution in [0.4, 0.5) is 29.3 Å². The van der Waals surface area contributed by atoms with E-state index in [1.165, 1.54) is 6.07 Å². The van der Waals surface area contributed by atoms with Crippen LogP contribution in [0.2, 0.25) is 0 Å². The van der Waals surface area contributed by atoms with Gasteiger partial charge in [0.25, 0.3) is 5.91 Å². The van der Waals surface area contributed by atoms with Gasteiger partial charge in [0.15, 0.2) is 0 Å². The van der Waals surface area contributed by atoms with Gasteiger partial charge in [-0.3, -0.25) is 9.69 Å². The molecule has 0 saturated carbocycles. The number of nitrogens with one attached hydrogen (secondary N) is 2. The van der Waals surface area contributed by atoms with Crippen molar-refractivity contribution in [2.24, 2.45) is 5.92 Å². The molecular formula is C37H39F3N4O4. The fraction of sp³-hybridized carbons (Fsp3) is 0.297. The summed E-state index contributed by atoms with van der Waals surface area (Å²) in [7, 11) is 2.02. The van der Waals surface area contributed by atoms with Gasteiger partial charge >= 0.3 is 12.2 Å². The van der Waals surface area contributed by atoms with Crippen LogP contribution >= 0.6 is 0 Å². The number of urea groups is 1. The van der Waals surface area contributed by atoms with E-state index in [-0.39, 0.29) is 41.5 Å². The molecule has 3 amide bonds. The third-order valence-electron chi connectivity index (χ3n) is 8.40. The molecular weight excluding hydrogens is 621 g/mol. The van der Waals surface area contributed by atoms with Crippen LogP contribution in [0.3, 0.4) is 0 Å². The van der Waals surface area contributed by atoms with E-state index in [2.05, 4.69) is 51.9 Å². The summed E-state index contributed by atoms with van der Waals surface area (Å²) in [5.41, 5.74) is 3.29. The number of aliphatic hydroxyl groups excluding tert-OH is 1. The Balaban J connectivity index is 1.30. The summed E-state index contributed by atoms with van der Waals surface area (Å²) in [6.45, 7) is 5.14. The zero-order valence-electron chi connectivity index (χ0n) is 27.0. The Morgan fingerprint density at radius 1 is 0.958 bits per heavy atom. The molecule has 48 heavy (non-hydrogen) atoms. The van der Waals surface area contributed by atoms with Crippen LogP contribution < -0.4 is 15.4 Å². The van der Waals surface area contributed by atoms with Crippen LogP contribution in [0.1, 0.15) is 35.3 Å².